The Morgan fingerprint density at radius 3 is 0.491 bits per heavy atom. The second-order valence-corrected chi connectivity index (χ2v) is 14.9. The minimum atomic E-state index is -10.2. The molecule has 0 saturated heterocycles. The molecule has 0 spiro atoms. The molecular formula is C17H3Cl2F33Si. The molecule has 0 aliphatic rings. The lowest BCUT2D eigenvalue weighted by Crippen LogP contribution is -2.80. The van der Waals surface area contributed by atoms with Crippen molar-refractivity contribution in [3.8, 4) is 0 Å². The van der Waals surface area contributed by atoms with Gasteiger partial charge in [0.25, 0.3) is 0 Å². The van der Waals surface area contributed by atoms with Gasteiger partial charge in [-0.05, 0) is 0 Å². The van der Waals surface area contributed by atoms with Crippen LogP contribution < -0.4 is 0 Å². The molecule has 0 aliphatic carbocycles. The van der Waals surface area contributed by atoms with E-state index in [4.69, 9.17) is 0 Å². The molecule has 0 radical (unpaired) electrons. The zero-order chi connectivity index (χ0) is 44.3. The lowest BCUT2D eigenvalue weighted by atomic mass is 9.82. The van der Waals surface area contributed by atoms with E-state index in [9.17, 15) is 145 Å². The van der Waals surface area contributed by atoms with Crippen molar-refractivity contribution in [1.29, 1.82) is 0 Å². The third-order valence-electron chi connectivity index (χ3n) is 6.35. The molecule has 0 N–H and O–H groups in total. The number of hydrogen-bond acceptors (Lipinski definition) is 0. The van der Waals surface area contributed by atoms with Crippen molar-refractivity contribution < 1.29 is 145 Å². The molecule has 0 aromatic carbocycles. The molecule has 0 atom stereocenters. The quantitative estimate of drug-likeness (QED) is 0.0822. The molecule has 53 heavy (non-hydrogen) atoms. The molecule has 0 heterocycles. The van der Waals surface area contributed by atoms with E-state index in [-0.39, 0.29) is 0 Å². The van der Waals surface area contributed by atoms with Gasteiger partial charge in [0, 0.05) is 6.04 Å². The molecule has 320 valence electrons. The van der Waals surface area contributed by atoms with Crippen molar-refractivity contribution in [2.45, 2.75) is 101 Å². The van der Waals surface area contributed by atoms with Gasteiger partial charge in [-0.2, -0.15) is 167 Å². The van der Waals surface area contributed by atoms with Crippen molar-refractivity contribution >= 4 is 29.6 Å². The van der Waals surface area contributed by atoms with Crippen molar-refractivity contribution in [3.63, 3.8) is 0 Å². The summed E-state index contributed by atoms with van der Waals surface area (Å²) >= 11 is 9.10. The fourth-order valence-corrected chi connectivity index (χ4v) is 4.90. The summed E-state index contributed by atoms with van der Waals surface area (Å²) in [7, 11) is -4.61. The van der Waals surface area contributed by atoms with Gasteiger partial charge in [-0.15, -0.1) is 0 Å². The van der Waals surface area contributed by atoms with E-state index < -0.39 is 108 Å². The first-order valence-electron chi connectivity index (χ1n) is 11.2. The van der Waals surface area contributed by atoms with Gasteiger partial charge < -0.3 is 0 Å². The molecule has 0 unspecified atom stereocenters. The Labute approximate surface area is 276 Å². The van der Waals surface area contributed by atoms with Gasteiger partial charge in [-0.1, -0.05) is 0 Å². The van der Waals surface area contributed by atoms with Crippen LogP contribution in [-0.2, 0) is 0 Å². The number of alkyl halides is 33. The summed E-state index contributed by atoms with van der Waals surface area (Å²) < 4.78 is 444. The number of hydrogen-bond donors (Lipinski definition) is 0. The molecule has 0 bridgehead atoms. The van der Waals surface area contributed by atoms with E-state index in [1.807, 2.05) is 0 Å². The Morgan fingerprint density at radius 2 is 0.358 bits per heavy atom. The third kappa shape index (κ3) is 6.19. The average Bonchev–Trinajstić information content (AvgIpc) is 2.89. The molecule has 0 aromatic rings. The van der Waals surface area contributed by atoms with Crippen LogP contribution in [0.3, 0.4) is 0 Å². The molecule has 0 amide bonds. The van der Waals surface area contributed by atoms with Gasteiger partial charge in [0.05, 0.1) is 0 Å². The summed E-state index contributed by atoms with van der Waals surface area (Å²) in [6.07, 6.45) is -8.39. The van der Waals surface area contributed by atoms with Crippen molar-refractivity contribution in [1.82, 2.24) is 0 Å². The van der Waals surface area contributed by atoms with Crippen LogP contribution in [0.15, 0.2) is 0 Å². The molecule has 36 heteroatoms. The monoisotopic (exact) mass is 932 g/mol. The fourth-order valence-electron chi connectivity index (χ4n) is 3.10. The van der Waals surface area contributed by atoms with Crippen LogP contribution in [0, 0.1) is 0 Å². The maximum Gasteiger partial charge on any atom is 0.460 e. The summed E-state index contributed by atoms with van der Waals surface area (Å²) in [6, 6.07) is -3.20. The Hall–Kier alpha value is -1.51. The average molecular weight is 933 g/mol. The van der Waals surface area contributed by atoms with Crippen LogP contribution in [0.5, 0.6) is 0 Å². The van der Waals surface area contributed by atoms with E-state index in [0.717, 1.165) is 0 Å². The topological polar surface area (TPSA) is 0 Å². The van der Waals surface area contributed by atoms with E-state index >= 15 is 0 Å². The van der Waals surface area contributed by atoms with Gasteiger partial charge >= 0.3 is 95.0 Å². The molecular weight excluding hydrogens is 930 g/mol. The SMILES string of the molecule is FC(F)(F)C(F)(F)C(F)(F)C(F)(F)C(F)(F)C(F)(F)C(F)(F)C(F)(F)C(F)(F)C(F)(F)C(F)(F)C(F)(F)C(F)(F)C(F)(F)C(F)(F)C(F)(F)C[SiH](Cl)Cl. The first-order valence-corrected chi connectivity index (χ1v) is 15.5. The summed E-state index contributed by atoms with van der Waals surface area (Å²) in [5, 5.41) is 0. The largest absolute Gasteiger partial charge is 0.460 e. The molecule has 0 saturated carbocycles. The van der Waals surface area contributed by atoms with E-state index in [1.54, 1.807) is 0 Å². The maximum atomic E-state index is 13.9. The predicted molar refractivity (Wildman–Crippen MR) is 104 cm³/mol. The van der Waals surface area contributed by atoms with E-state index in [1.165, 1.54) is 0 Å². The van der Waals surface area contributed by atoms with Crippen molar-refractivity contribution in [3.05, 3.63) is 0 Å². The minimum Gasteiger partial charge on any atom is -0.200 e. The smallest absolute Gasteiger partial charge is 0.200 e. The lowest BCUT2D eigenvalue weighted by Gasteiger charge is -2.47. The zero-order valence-corrected chi connectivity index (χ0v) is 25.2. The van der Waals surface area contributed by atoms with Gasteiger partial charge in [-0.3, -0.25) is 0 Å². The highest BCUT2D eigenvalue weighted by Gasteiger charge is 3.01. The summed E-state index contributed by atoms with van der Waals surface area (Å²) in [5.41, 5.74) is 0. The highest BCUT2D eigenvalue weighted by molar-refractivity contribution is 7.33. The molecule has 0 aliphatic heterocycles. The van der Waals surface area contributed by atoms with Crippen molar-refractivity contribution in [2.24, 2.45) is 0 Å². The normalized spacial score (nSPS) is 17.2. The van der Waals surface area contributed by atoms with Gasteiger partial charge in [0.2, 0.25) is 7.42 Å². The summed E-state index contributed by atoms with van der Waals surface area (Å²) in [4.78, 5) is 0. The predicted octanol–water partition coefficient (Wildman–Crippen LogP) is 11.8. The Kier molecular flexibility index (Phi) is 12.4. The Balaban J connectivity index is 7.71. The maximum absolute atomic E-state index is 13.9. The zero-order valence-electron chi connectivity index (χ0n) is 22.5. The summed E-state index contributed by atoms with van der Waals surface area (Å²) in [6.45, 7) is 0. The van der Waals surface area contributed by atoms with Gasteiger partial charge in [0.15, 0.2) is 0 Å². The Morgan fingerprint density at radius 1 is 0.226 bits per heavy atom. The number of rotatable bonds is 16. The first kappa shape index (κ1) is 51.5. The number of halogens is 35. The van der Waals surface area contributed by atoms with Gasteiger partial charge in [-0.25, -0.2) is 0 Å². The first-order chi connectivity index (χ1) is 22.2. The fraction of sp³-hybridized carbons (Fsp3) is 1.00. The highest BCUT2D eigenvalue weighted by Crippen LogP contribution is 2.70. The van der Waals surface area contributed by atoms with Crippen LogP contribution in [0.1, 0.15) is 0 Å². The van der Waals surface area contributed by atoms with Gasteiger partial charge in [0.1, 0.15) is 0 Å². The van der Waals surface area contributed by atoms with Crippen LogP contribution in [0.2, 0.25) is 6.04 Å². The van der Waals surface area contributed by atoms with Crippen LogP contribution in [0.4, 0.5) is 145 Å². The van der Waals surface area contributed by atoms with Crippen LogP contribution >= 0.6 is 22.2 Å². The lowest BCUT2D eigenvalue weighted by molar-refractivity contribution is -0.490. The highest BCUT2D eigenvalue weighted by atomic mass is 35.7. The standard InChI is InChI=1S/C17H3Cl2F33Si/c18-53(19)1-2(20,21)3(22,23)4(24,25)5(26,27)6(28,29)7(30,31)8(32,33)9(34,35)10(36,37)11(38,39)12(40,41)13(42,43)14(44,45)15(46,47)16(48,49)17(50,51)52/h53H,1H2. The Bertz CT molecular complexity index is 1320. The van der Waals surface area contributed by atoms with E-state index in [2.05, 4.69) is 22.2 Å². The molecule has 0 nitrogen and oxygen atoms in total. The minimum absolute atomic E-state index is 3.20. The molecule has 0 fully saturated rings. The van der Waals surface area contributed by atoms with Crippen molar-refractivity contribution in [2.75, 3.05) is 0 Å². The second-order valence-electron chi connectivity index (χ2n) is 9.84. The summed E-state index contributed by atoms with van der Waals surface area (Å²) in [5.74, 6) is -143. The van der Waals surface area contributed by atoms with Crippen LogP contribution in [0.25, 0.3) is 0 Å². The molecule has 0 rings (SSSR count). The van der Waals surface area contributed by atoms with Crippen LogP contribution in [-0.4, -0.2) is 102 Å². The molecule has 0 aromatic heterocycles. The van der Waals surface area contributed by atoms with E-state index in [0.29, 0.717) is 0 Å². The third-order valence-corrected chi connectivity index (χ3v) is 8.10. The second kappa shape index (κ2) is 12.7.